The summed E-state index contributed by atoms with van der Waals surface area (Å²) in [5.41, 5.74) is 2.49. The van der Waals surface area contributed by atoms with E-state index in [4.69, 9.17) is 9.15 Å². The number of aromatic nitrogens is 4. The van der Waals surface area contributed by atoms with Crippen molar-refractivity contribution in [2.24, 2.45) is 7.05 Å². The predicted octanol–water partition coefficient (Wildman–Crippen LogP) is 7.51. The molecule has 12 heteroatoms. The van der Waals surface area contributed by atoms with E-state index < -0.39 is 23.6 Å². The van der Waals surface area contributed by atoms with E-state index in [0.29, 0.717) is 24.6 Å². The van der Waals surface area contributed by atoms with Crippen LogP contribution in [-0.2, 0) is 22.0 Å². The summed E-state index contributed by atoms with van der Waals surface area (Å²) in [6, 6.07) is 21.6. The van der Waals surface area contributed by atoms with E-state index in [9.17, 15) is 14.7 Å². The molecule has 1 saturated carbocycles. The van der Waals surface area contributed by atoms with Gasteiger partial charge in [0.1, 0.15) is 17.3 Å². The van der Waals surface area contributed by atoms with Crippen molar-refractivity contribution in [2.75, 3.05) is 5.32 Å². The first-order valence-corrected chi connectivity index (χ1v) is 15.2. The van der Waals surface area contributed by atoms with Crippen LogP contribution >= 0.6 is 22.7 Å². The Hall–Kier alpha value is -4.81. The minimum Gasteiger partial charge on any atom is -0.480 e. The fraction of sp³-hybridized carbons (Fsp3) is 0.194. The highest BCUT2D eigenvalue weighted by molar-refractivity contribution is 7.31. The topological polar surface area (TPSA) is 132 Å². The second kappa shape index (κ2) is 10.5. The normalized spacial score (nSPS) is 14.5. The number of fused-ring (bicyclic) bond motifs is 1. The summed E-state index contributed by atoms with van der Waals surface area (Å²) >= 11 is 3.30. The number of aliphatic carboxylic acids is 1. The molecular weight excluding hydrogens is 587 g/mol. The van der Waals surface area contributed by atoms with Gasteiger partial charge in [-0.05, 0) is 55.2 Å². The third kappa shape index (κ3) is 4.98. The first kappa shape index (κ1) is 27.0. The molecule has 216 valence electrons. The number of carboxylic acids is 1. The SMILES string of the molecule is CC(OC(=O)Nc1c(-c2cc3sc(-c4ccc(-c5nnc(C6(C(=O)O)CC6)o5)cc4)cc3s2)cnn1C)c1ccccc1. The van der Waals surface area contributed by atoms with Gasteiger partial charge >= 0.3 is 12.1 Å². The van der Waals surface area contributed by atoms with E-state index in [2.05, 4.69) is 32.7 Å². The molecule has 4 heterocycles. The molecule has 0 radical (unpaired) electrons. The number of anilines is 1. The summed E-state index contributed by atoms with van der Waals surface area (Å²) < 4.78 is 15.2. The van der Waals surface area contributed by atoms with Crippen LogP contribution in [0.2, 0.25) is 0 Å². The third-order valence-electron chi connectivity index (χ3n) is 7.59. The number of carbonyl (C=O) groups is 2. The van der Waals surface area contributed by atoms with Gasteiger partial charge in [0.15, 0.2) is 0 Å². The number of nitrogens with one attached hydrogen (secondary N) is 1. The molecule has 1 atom stereocenters. The summed E-state index contributed by atoms with van der Waals surface area (Å²) in [4.78, 5) is 26.4. The lowest BCUT2D eigenvalue weighted by Crippen LogP contribution is -2.19. The molecule has 6 aromatic rings. The molecule has 1 unspecified atom stereocenters. The van der Waals surface area contributed by atoms with Crippen molar-refractivity contribution >= 4 is 50.0 Å². The number of nitrogens with zero attached hydrogens (tertiary/aromatic N) is 4. The number of ether oxygens (including phenoxy) is 1. The van der Waals surface area contributed by atoms with E-state index in [1.807, 2.05) is 61.5 Å². The molecule has 0 bridgehead atoms. The summed E-state index contributed by atoms with van der Waals surface area (Å²) in [5.74, 6) is 0.116. The molecule has 0 saturated heterocycles. The van der Waals surface area contributed by atoms with Gasteiger partial charge in [-0.2, -0.15) is 5.10 Å². The molecule has 10 nitrogen and oxygen atoms in total. The van der Waals surface area contributed by atoms with Gasteiger partial charge < -0.3 is 14.3 Å². The number of hydrogen-bond acceptors (Lipinski definition) is 9. The third-order valence-corrected chi connectivity index (χ3v) is 9.97. The quantitative estimate of drug-likeness (QED) is 0.181. The summed E-state index contributed by atoms with van der Waals surface area (Å²) in [6.07, 6.45) is 1.83. The highest BCUT2D eigenvalue weighted by Gasteiger charge is 2.56. The maximum atomic E-state index is 12.7. The fourth-order valence-electron chi connectivity index (χ4n) is 4.91. The van der Waals surface area contributed by atoms with E-state index in [-0.39, 0.29) is 5.89 Å². The van der Waals surface area contributed by atoms with Crippen molar-refractivity contribution in [1.29, 1.82) is 0 Å². The minimum atomic E-state index is -1.02. The number of hydrogen-bond donors (Lipinski definition) is 2. The van der Waals surface area contributed by atoms with Crippen molar-refractivity contribution in [1.82, 2.24) is 20.0 Å². The van der Waals surface area contributed by atoms with Gasteiger partial charge in [0.05, 0.1) is 11.8 Å². The van der Waals surface area contributed by atoms with E-state index in [1.165, 1.54) is 0 Å². The Kier molecular flexibility index (Phi) is 6.59. The Labute approximate surface area is 253 Å². The van der Waals surface area contributed by atoms with Crippen molar-refractivity contribution in [2.45, 2.75) is 31.3 Å². The van der Waals surface area contributed by atoms with Crippen LogP contribution in [0.4, 0.5) is 10.6 Å². The van der Waals surface area contributed by atoms with E-state index in [0.717, 1.165) is 41.4 Å². The van der Waals surface area contributed by atoms with Crippen molar-refractivity contribution in [3.63, 3.8) is 0 Å². The lowest BCUT2D eigenvalue weighted by atomic mass is 10.1. The molecule has 1 fully saturated rings. The largest absolute Gasteiger partial charge is 0.480 e. The first-order chi connectivity index (χ1) is 20.8. The number of amides is 1. The van der Waals surface area contributed by atoms with Crippen LogP contribution in [0.25, 0.3) is 41.7 Å². The number of thiophene rings is 2. The molecule has 0 aliphatic heterocycles. The molecule has 1 amide bonds. The van der Waals surface area contributed by atoms with Crippen LogP contribution < -0.4 is 5.32 Å². The average molecular weight is 612 g/mol. The van der Waals surface area contributed by atoms with Gasteiger partial charge in [0, 0.05) is 31.8 Å². The Balaban J connectivity index is 1.07. The van der Waals surface area contributed by atoms with Crippen molar-refractivity contribution in [3.8, 4) is 32.3 Å². The highest BCUT2D eigenvalue weighted by atomic mass is 32.1. The van der Waals surface area contributed by atoms with Gasteiger partial charge in [-0.3, -0.25) is 14.8 Å². The lowest BCUT2D eigenvalue weighted by molar-refractivity contribution is -0.140. The zero-order valence-corrected chi connectivity index (χ0v) is 24.7. The maximum absolute atomic E-state index is 12.7. The Morgan fingerprint density at radius 1 is 1.00 bits per heavy atom. The highest BCUT2D eigenvalue weighted by Crippen LogP contribution is 2.48. The summed E-state index contributed by atoms with van der Waals surface area (Å²) in [6.45, 7) is 1.84. The second-order valence-electron chi connectivity index (χ2n) is 10.4. The maximum Gasteiger partial charge on any atom is 0.413 e. The minimum absolute atomic E-state index is 0.166. The van der Waals surface area contributed by atoms with Gasteiger partial charge in [0.25, 0.3) is 0 Å². The molecule has 4 aromatic heterocycles. The van der Waals surface area contributed by atoms with Gasteiger partial charge in [0.2, 0.25) is 11.8 Å². The zero-order chi connectivity index (χ0) is 29.7. The number of aryl methyl sites for hydroxylation is 1. The number of carboxylic acid groups (broad SMARTS) is 1. The van der Waals surface area contributed by atoms with Crippen molar-refractivity contribution < 1.29 is 23.8 Å². The Morgan fingerprint density at radius 2 is 1.67 bits per heavy atom. The molecule has 1 aliphatic carbocycles. The predicted molar refractivity (Wildman–Crippen MR) is 164 cm³/mol. The van der Waals surface area contributed by atoms with Crippen LogP contribution in [-0.4, -0.2) is 37.1 Å². The van der Waals surface area contributed by atoms with E-state index >= 15 is 0 Å². The first-order valence-electron chi connectivity index (χ1n) is 13.6. The molecular formula is C31H25N5O5S2. The lowest BCUT2D eigenvalue weighted by Gasteiger charge is -2.14. The second-order valence-corrected chi connectivity index (χ2v) is 12.6. The van der Waals surface area contributed by atoms with Crippen molar-refractivity contribution in [3.05, 3.63) is 84.4 Å². The van der Waals surface area contributed by atoms with Crippen LogP contribution in [0.1, 0.15) is 37.3 Å². The smallest absolute Gasteiger partial charge is 0.413 e. The van der Waals surface area contributed by atoms with E-state index in [1.54, 1.807) is 40.6 Å². The summed E-state index contributed by atoms with van der Waals surface area (Å²) in [5, 5.41) is 24.8. The zero-order valence-electron chi connectivity index (χ0n) is 23.1. The number of benzene rings is 2. The average Bonchev–Trinajstić information content (AvgIpc) is 3.30. The van der Waals surface area contributed by atoms with Crippen LogP contribution in [0.5, 0.6) is 0 Å². The molecule has 0 spiro atoms. The Bertz CT molecular complexity index is 1940. The summed E-state index contributed by atoms with van der Waals surface area (Å²) in [7, 11) is 1.78. The Morgan fingerprint density at radius 3 is 2.37 bits per heavy atom. The number of carbonyl (C=O) groups excluding carboxylic acids is 1. The van der Waals surface area contributed by atoms with Crippen LogP contribution in [0.15, 0.2) is 77.3 Å². The molecule has 43 heavy (non-hydrogen) atoms. The van der Waals surface area contributed by atoms with Crippen LogP contribution in [0.3, 0.4) is 0 Å². The number of rotatable bonds is 8. The van der Waals surface area contributed by atoms with Crippen LogP contribution in [0, 0.1) is 0 Å². The fourth-order valence-corrected chi connectivity index (χ4v) is 7.32. The molecule has 7 rings (SSSR count). The standard InChI is InChI=1S/C31H25N5O5S2/c1-17(18-6-4-3-5-7-18)40-30(39)33-26-21(16-32-36(26)2)23-15-25-24(43-23)14-22(42-25)19-8-10-20(11-9-19)27-34-35-28(41-27)31(12-13-31)29(37)38/h3-11,14-17H,12-13H2,1-2H3,(H,33,39)(H,37,38). The monoisotopic (exact) mass is 611 g/mol. The van der Waals surface area contributed by atoms with Gasteiger partial charge in [-0.25, -0.2) is 4.79 Å². The molecule has 1 aliphatic rings. The molecule has 2 aromatic carbocycles. The van der Waals surface area contributed by atoms with Gasteiger partial charge in [-0.1, -0.05) is 42.5 Å². The van der Waals surface area contributed by atoms with Gasteiger partial charge in [-0.15, -0.1) is 32.9 Å². The molecule has 2 N–H and O–H groups in total.